The van der Waals surface area contributed by atoms with Gasteiger partial charge in [-0.25, -0.2) is 8.42 Å². The van der Waals surface area contributed by atoms with Crippen LogP contribution in [0, 0.1) is 0 Å². The summed E-state index contributed by atoms with van der Waals surface area (Å²) >= 11 is 0. The van der Waals surface area contributed by atoms with Gasteiger partial charge in [0.2, 0.25) is 0 Å². The van der Waals surface area contributed by atoms with Crippen LogP contribution in [0.15, 0.2) is 18.3 Å². The van der Waals surface area contributed by atoms with Crippen LogP contribution in [0.1, 0.15) is 18.2 Å². The summed E-state index contributed by atoms with van der Waals surface area (Å²) in [6.07, 6.45) is 2.40. The quantitative estimate of drug-likeness (QED) is 0.783. The van der Waals surface area contributed by atoms with Crippen molar-refractivity contribution >= 4 is 21.2 Å². The van der Waals surface area contributed by atoms with Crippen molar-refractivity contribution < 1.29 is 8.42 Å². The van der Waals surface area contributed by atoms with Crippen molar-refractivity contribution in [1.29, 1.82) is 0 Å². The largest absolute Gasteiger partial charge is 0.399 e. The van der Waals surface area contributed by atoms with Crippen LogP contribution >= 0.6 is 0 Å². The minimum atomic E-state index is -2.90. The van der Waals surface area contributed by atoms with E-state index >= 15 is 0 Å². The van der Waals surface area contributed by atoms with E-state index in [0.29, 0.717) is 23.6 Å². The van der Waals surface area contributed by atoms with Gasteiger partial charge in [0.15, 0.2) is 15.5 Å². The number of nitrogens with zero attached hydrogens (tertiary/aromatic N) is 3. The molecule has 1 aliphatic heterocycles. The molecule has 3 heterocycles. The minimum absolute atomic E-state index is 0.0568. The molecule has 0 radical (unpaired) electrons. The molecule has 1 atom stereocenters. The van der Waals surface area contributed by atoms with Crippen LogP contribution in [0.3, 0.4) is 0 Å². The number of hydrogen-bond acceptors (Lipinski definition) is 5. The van der Waals surface area contributed by atoms with E-state index in [4.69, 9.17) is 5.73 Å². The molecule has 0 bridgehead atoms. The standard InChI is InChI=1S/C10H12N4O2S/c11-8-1-3-14-9(5-8)12-13-10(14)7-2-4-17(15,16)6-7/h1,3,5,7H,2,4,6,11H2. The molecule has 1 aliphatic rings. The molecule has 0 aromatic carbocycles. The van der Waals surface area contributed by atoms with Gasteiger partial charge >= 0.3 is 0 Å². The maximum atomic E-state index is 11.4. The Kier molecular flexibility index (Phi) is 2.12. The van der Waals surface area contributed by atoms with E-state index in [2.05, 4.69) is 10.2 Å². The molecule has 0 amide bonds. The van der Waals surface area contributed by atoms with Crippen molar-refractivity contribution in [2.24, 2.45) is 0 Å². The molecule has 1 saturated heterocycles. The minimum Gasteiger partial charge on any atom is -0.399 e. The highest BCUT2D eigenvalue weighted by molar-refractivity contribution is 7.91. The number of fused-ring (bicyclic) bond motifs is 1. The normalized spacial score (nSPS) is 23.2. The summed E-state index contributed by atoms with van der Waals surface area (Å²) in [7, 11) is -2.90. The lowest BCUT2D eigenvalue weighted by atomic mass is 10.1. The van der Waals surface area contributed by atoms with Gasteiger partial charge in [-0.15, -0.1) is 10.2 Å². The van der Waals surface area contributed by atoms with Gasteiger partial charge < -0.3 is 5.73 Å². The lowest BCUT2D eigenvalue weighted by molar-refractivity contribution is 0.601. The Morgan fingerprint density at radius 2 is 2.24 bits per heavy atom. The van der Waals surface area contributed by atoms with Crippen LogP contribution < -0.4 is 5.73 Å². The molecule has 3 rings (SSSR count). The molecular weight excluding hydrogens is 240 g/mol. The number of nitrogen functional groups attached to an aromatic ring is 1. The van der Waals surface area contributed by atoms with Crippen molar-refractivity contribution in [3.05, 3.63) is 24.2 Å². The lowest BCUT2D eigenvalue weighted by Gasteiger charge is -2.05. The topological polar surface area (TPSA) is 90.3 Å². The zero-order chi connectivity index (χ0) is 12.0. The van der Waals surface area contributed by atoms with Crippen LogP contribution in [0.2, 0.25) is 0 Å². The first kappa shape index (κ1) is 10.5. The Labute approximate surface area is 98.4 Å². The maximum Gasteiger partial charge on any atom is 0.162 e. The lowest BCUT2D eigenvalue weighted by Crippen LogP contribution is -2.07. The first-order valence-corrected chi connectivity index (χ1v) is 7.18. The molecule has 0 spiro atoms. The molecule has 1 fully saturated rings. The second-order valence-electron chi connectivity index (χ2n) is 4.35. The summed E-state index contributed by atoms with van der Waals surface area (Å²) in [6.45, 7) is 0. The zero-order valence-corrected chi connectivity index (χ0v) is 9.89. The van der Waals surface area contributed by atoms with Gasteiger partial charge in [0.25, 0.3) is 0 Å². The maximum absolute atomic E-state index is 11.4. The van der Waals surface area contributed by atoms with E-state index in [1.165, 1.54) is 0 Å². The van der Waals surface area contributed by atoms with E-state index in [-0.39, 0.29) is 17.4 Å². The van der Waals surface area contributed by atoms with Crippen LogP contribution in [0.25, 0.3) is 5.65 Å². The number of aromatic nitrogens is 3. The van der Waals surface area contributed by atoms with Gasteiger partial charge in [0, 0.05) is 23.9 Å². The number of nitrogens with two attached hydrogens (primary N) is 1. The number of sulfone groups is 1. The molecule has 2 N–H and O–H groups in total. The molecule has 0 aliphatic carbocycles. The summed E-state index contributed by atoms with van der Waals surface area (Å²) in [5.74, 6) is 1.06. The summed E-state index contributed by atoms with van der Waals surface area (Å²) < 4.78 is 24.7. The third-order valence-electron chi connectivity index (χ3n) is 3.06. The van der Waals surface area contributed by atoms with Crippen LogP contribution in [-0.4, -0.2) is 34.5 Å². The average Bonchev–Trinajstić information content (AvgIpc) is 2.80. The van der Waals surface area contributed by atoms with Gasteiger partial charge in [0.05, 0.1) is 11.5 Å². The fourth-order valence-electron chi connectivity index (χ4n) is 2.20. The predicted molar refractivity (Wildman–Crippen MR) is 63.4 cm³/mol. The van der Waals surface area contributed by atoms with E-state index in [1.807, 2.05) is 4.40 Å². The average molecular weight is 252 g/mol. The Bertz CT molecular complexity index is 677. The fraction of sp³-hybridized carbons (Fsp3) is 0.400. The fourth-order valence-corrected chi connectivity index (χ4v) is 3.94. The van der Waals surface area contributed by atoms with Gasteiger partial charge in [-0.05, 0) is 12.5 Å². The summed E-state index contributed by atoms with van der Waals surface area (Å²) in [6, 6.07) is 3.48. The second kappa shape index (κ2) is 3.43. The molecule has 2 aromatic heterocycles. The molecular formula is C10H12N4O2S. The van der Waals surface area contributed by atoms with Crippen LogP contribution in [0.5, 0.6) is 0 Å². The number of hydrogen-bond donors (Lipinski definition) is 1. The highest BCUT2D eigenvalue weighted by Crippen LogP contribution is 2.28. The second-order valence-corrected chi connectivity index (χ2v) is 6.58. The third-order valence-corrected chi connectivity index (χ3v) is 4.83. The van der Waals surface area contributed by atoms with Crippen LogP contribution in [0.4, 0.5) is 5.69 Å². The first-order chi connectivity index (χ1) is 8.05. The number of pyridine rings is 1. The Morgan fingerprint density at radius 1 is 1.41 bits per heavy atom. The molecule has 17 heavy (non-hydrogen) atoms. The van der Waals surface area contributed by atoms with Crippen molar-refractivity contribution in [2.75, 3.05) is 17.2 Å². The summed E-state index contributed by atoms with van der Waals surface area (Å²) in [5.41, 5.74) is 6.93. The number of anilines is 1. The van der Waals surface area contributed by atoms with E-state index in [0.717, 1.165) is 0 Å². The Balaban J connectivity index is 2.07. The molecule has 2 aromatic rings. The molecule has 6 nitrogen and oxygen atoms in total. The van der Waals surface area contributed by atoms with Crippen molar-refractivity contribution in [1.82, 2.24) is 14.6 Å². The smallest absolute Gasteiger partial charge is 0.162 e. The third kappa shape index (κ3) is 1.76. The molecule has 0 saturated carbocycles. The van der Waals surface area contributed by atoms with E-state index in [9.17, 15) is 8.42 Å². The molecule has 90 valence electrons. The van der Waals surface area contributed by atoms with Gasteiger partial charge in [0.1, 0.15) is 5.82 Å². The van der Waals surface area contributed by atoms with Gasteiger partial charge in [-0.3, -0.25) is 4.40 Å². The van der Waals surface area contributed by atoms with Gasteiger partial charge in [-0.2, -0.15) is 0 Å². The Hall–Kier alpha value is -1.63. The predicted octanol–water partition coefficient (Wildman–Crippen LogP) is 0.214. The van der Waals surface area contributed by atoms with Gasteiger partial charge in [-0.1, -0.05) is 0 Å². The van der Waals surface area contributed by atoms with Crippen molar-refractivity contribution in [3.8, 4) is 0 Å². The monoisotopic (exact) mass is 252 g/mol. The zero-order valence-electron chi connectivity index (χ0n) is 9.07. The van der Waals surface area contributed by atoms with Crippen molar-refractivity contribution in [2.45, 2.75) is 12.3 Å². The number of rotatable bonds is 1. The highest BCUT2D eigenvalue weighted by atomic mass is 32.2. The van der Waals surface area contributed by atoms with E-state index < -0.39 is 9.84 Å². The molecule has 7 heteroatoms. The molecule has 1 unspecified atom stereocenters. The van der Waals surface area contributed by atoms with E-state index in [1.54, 1.807) is 18.3 Å². The Morgan fingerprint density at radius 3 is 2.94 bits per heavy atom. The summed E-state index contributed by atoms with van der Waals surface area (Å²) in [4.78, 5) is 0. The van der Waals surface area contributed by atoms with Crippen LogP contribution in [-0.2, 0) is 9.84 Å². The van der Waals surface area contributed by atoms with Crippen molar-refractivity contribution in [3.63, 3.8) is 0 Å². The highest BCUT2D eigenvalue weighted by Gasteiger charge is 2.32. The summed E-state index contributed by atoms with van der Waals surface area (Å²) in [5, 5.41) is 8.09. The first-order valence-electron chi connectivity index (χ1n) is 5.36. The SMILES string of the molecule is Nc1ccn2c(C3CCS(=O)(=O)C3)nnc2c1.